The molecule has 1 aromatic carbocycles. The molecule has 1 aliphatic heterocycles. The lowest BCUT2D eigenvalue weighted by molar-refractivity contribution is 0.0703. The van der Waals surface area contributed by atoms with E-state index in [1.807, 2.05) is 48.3 Å². The van der Waals surface area contributed by atoms with Gasteiger partial charge < -0.3 is 14.6 Å². The number of nitrogens with zero attached hydrogens (tertiary/aromatic N) is 4. The van der Waals surface area contributed by atoms with Crippen molar-refractivity contribution in [1.82, 2.24) is 20.1 Å². The highest BCUT2D eigenvalue weighted by Crippen LogP contribution is 2.30. The Labute approximate surface area is 208 Å². The maximum atomic E-state index is 13.4. The number of allylic oxidation sites excluding steroid dienone is 5. The van der Waals surface area contributed by atoms with Gasteiger partial charge in [-0.25, -0.2) is 0 Å². The molecular formula is C28H35N5O2. The summed E-state index contributed by atoms with van der Waals surface area (Å²) in [6, 6.07) is 8.00. The van der Waals surface area contributed by atoms with Gasteiger partial charge in [-0.15, -0.1) is 10.2 Å². The topological polar surface area (TPSA) is 94.9 Å². The minimum absolute atomic E-state index is 0.0263. The van der Waals surface area contributed by atoms with Crippen molar-refractivity contribution in [3.8, 4) is 17.5 Å². The predicted octanol–water partition coefficient (Wildman–Crippen LogP) is 5.57. The zero-order valence-corrected chi connectivity index (χ0v) is 21.2. The van der Waals surface area contributed by atoms with Gasteiger partial charge in [-0.2, -0.15) is 5.26 Å². The molecule has 1 N–H and O–H groups in total. The number of amides is 1. The van der Waals surface area contributed by atoms with Gasteiger partial charge >= 0.3 is 0 Å². The first-order chi connectivity index (χ1) is 16.9. The summed E-state index contributed by atoms with van der Waals surface area (Å²) in [4.78, 5) is 18.6. The maximum absolute atomic E-state index is 13.4. The Morgan fingerprint density at radius 2 is 2.06 bits per heavy atom. The first-order valence-electron chi connectivity index (χ1n) is 12.2. The Hall–Kier alpha value is -3.50. The van der Waals surface area contributed by atoms with Gasteiger partial charge in [0.05, 0.1) is 6.07 Å². The van der Waals surface area contributed by atoms with Crippen LogP contribution >= 0.6 is 0 Å². The number of hydrogen-bond acceptors (Lipinski definition) is 5. The summed E-state index contributed by atoms with van der Waals surface area (Å²) in [6.07, 6.45) is 7.39. The maximum Gasteiger partial charge on any atom is 0.253 e. The highest BCUT2D eigenvalue weighted by Gasteiger charge is 2.26. The molecule has 1 fully saturated rings. The van der Waals surface area contributed by atoms with Crippen LogP contribution in [-0.4, -0.2) is 45.7 Å². The number of carbonyl (C=O) groups is 1. The minimum Gasteiger partial charge on any atom is -0.374 e. The van der Waals surface area contributed by atoms with Gasteiger partial charge in [0, 0.05) is 36.4 Å². The number of hydrogen-bond donors (Lipinski definition) is 1. The number of aromatic amines is 1. The van der Waals surface area contributed by atoms with Crippen LogP contribution in [0.25, 0.3) is 11.4 Å². The summed E-state index contributed by atoms with van der Waals surface area (Å²) in [5.41, 5.74) is 4.43. The monoisotopic (exact) mass is 473 g/mol. The molecular weight excluding hydrogens is 438 g/mol. The van der Waals surface area contributed by atoms with Gasteiger partial charge in [0.25, 0.3) is 5.91 Å². The lowest BCUT2D eigenvalue weighted by atomic mass is 9.88. The zero-order chi connectivity index (χ0) is 25.4. The predicted molar refractivity (Wildman–Crippen MR) is 138 cm³/mol. The van der Waals surface area contributed by atoms with E-state index in [0.29, 0.717) is 55.0 Å². The van der Waals surface area contributed by atoms with Crippen molar-refractivity contribution in [1.29, 1.82) is 5.26 Å². The Morgan fingerprint density at radius 3 is 2.69 bits per heavy atom. The minimum atomic E-state index is 0.0263. The van der Waals surface area contributed by atoms with Crippen LogP contribution in [0.4, 0.5) is 0 Å². The fraction of sp³-hybridized carbons (Fsp3) is 0.429. The van der Waals surface area contributed by atoms with E-state index in [1.165, 1.54) is 0 Å². The number of aromatic nitrogens is 3. The lowest BCUT2D eigenvalue weighted by Gasteiger charge is -2.33. The molecule has 1 saturated heterocycles. The molecule has 7 nitrogen and oxygen atoms in total. The fourth-order valence-electron chi connectivity index (χ4n) is 4.31. The second kappa shape index (κ2) is 12.3. The van der Waals surface area contributed by atoms with Gasteiger partial charge in [-0.1, -0.05) is 38.6 Å². The van der Waals surface area contributed by atoms with Crippen molar-refractivity contribution in [2.24, 2.45) is 5.92 Å². The summed E-state index contributed by atoms with van der Waals surface area (Å²) >= 11 is 0. The number of nitrogens with one attached hydrogen (secondary N) is 1. The van der Waals surface area contributed by atoms with Crippen LogP contribution in [-0.2, 0) is 11.3 Å². The van der Waals surface area contributed by atoms with Crippen molar-refractivity contribution >= 4 is 5.91 Å². The van der Waals surface area contributed by atoms with E-state index in [4.69, 9.17) is 10.00 Å². The molecule has 35 heavy (non-hydrogen) atoms. The van der Waals surface area contributed by atoms with Gasteiger partial charge in [0.2, 0.25) is 0 Å². The molecule has 3 rings (SSSR count). The van der Waals surface area contributed by atoms with Crippen molar-refractivity contribution in [2.75, 3.05) is 19.7 Å². The van der Waals surface area contributed by atoms with Crippen LogP contribution in [0.2, 0.25) is 0 Å². The Bertz CT molecular complexity index is 1140. The van der Waals surface area contributed by atoms with E-state index < -0.39 is 0 Å². The average Bonchev–Trinajstić information content (AvgIpc) is 3.36. The second-order valence-corrected chi connectivity index (χ2v) is 9.11. The van der Waals surface area contributed by atoms with Crippen LogP contribution < -0.4 is 0 Å². The molecule has 0 radical (unpaired) electrons. The summed E-state index contributed by atoms with van der Waals surface area (Å²) in [6.45, 7) is 14.3. The first kappa shape index (κ1) is 26.1. The van der Waals surface area contributed by atoms with Crippen LogP contribution in [0.1, 0.15) is 68.2 Å². The second-order valence-electron chi connectivity index (χ2n) is 9.11. The number of H-pyrrole nitrogens is 1. The number of carbonyl (C=O) groups excluding carboxylic acids is 1. The molecule has 0 saturated carbocycles. The largest absolute Gasteiger partial charge is 0.374 e. The van der Waals surface area contributed by atoms with Crippen molar-refractivity contribution < 1.29 is 9.53 Å². The first-order valence-corrected chi connectivity index (χ1v) is 12.2. The van der Waals surface area contributed by atoms with E-state index in [9.17, 15) is 4.79 Å². The average molecular weight is 474 g/mol. The highest BCUT2D eigenvalue weighted by atomic mass is 16.5. The normalized spacial score (nSPS) is 15.4. The molecule has 0 atom stereocenters. The van der Waals surface area contributed by atoms with Gasteiger partial charge in [0.1, 0.15) is 6.61 Å². The smallest absolute Gasteiger partial charge is 0.253 e. The third-order valence-electron chi connectivity index (χ3n) is 6.35. The SMILES string of the molecule is C=C/C(=C\C=C(/C)C#N)C1CCN(C(=O)c2ccc(C(C)C)c(-c3nnc(COCC)[nH]3)c2)CC1. The summed E-state index contributed by atoms with van der Waals surface area (Å²) in [5, 5.41) is 17.5. The third kappa shape index (κ3) is 6.55. The van der Waals surface area contributed by atoms with Crippen LogP contribution in [0.5, 0.6) is 0 Å². The summed E-state index contributed by atoms with van der Waals surface area (Å²) in [5.74, 6) is 1.95. The molecule has 7 heteroatoms. The van der Waals surface area contributed by atoms with E-state index in [1.54, 1.807) is 6.92 Å². The Balaban J connectivity index is 1.77. The molecule has 0 unspecified atom stereocenters. The molecule has 184 valence electrons. The van der Waals surface area contributed by atoms with E-state index >= 15 is 0 Å². The number of rotatable bonds is 9. The molecule has 2 aromatic rings. The van der Waals surface area contributed by atoms with E-state index in [2.05, 4.69) is 41.7 Å². The number of nitriles is 1. The van der Waals surface area contributed by atoms with Crippen molar-refractivity contribution in [3.63, 3.8) is 0 Å². The molecule has 2 heterocycles. The zero-order valence-electron chi connectivity index (χ0n) is 21.2. The van der Waals surface area contributed by atoms with Gasteiger partial charge in [-0.3, -0.25) is 4.79 Å². The van der Waals surface area contributed by atoms with E-state index in [0.717, 1.165) is 29.5 Å². The highest BCUT2D eigenvalue weighted by molar-refractivity contribution is 5.95. The number of piperidine rings is 1. The third-order valence-corrected chi connectivity index (χ3v) is 6.35. The number of likely N-dealkylation sites (tertiary alicyclic amines) is 1. The van der Waals surface area contributed by atoms with E-state index in [-0.39, 0.29) is 11.8 Å². The molecule has 1 amide bonds. The van der Waals surface area contributed by atoms with Crippen LogP contribution in [0, 0.1) is 17.2 Å². The summed E-state index contributed by atoms with van der Waals surface area (Å²) in [7, 11) is 0. The number of ether oxygens (including phenoxy) is 1. The Morgan fingerprint density at radius 1 is 1.31 bits per heavy atom. The standard InChI is InChI=1S/C28H35N5O2/c1-6-21(9-8-20(5)17-29)22-12-14-33(15-13-22)28(34)23-10-11-24(19(3)4)25(16-23)27-30-26(31-32-27)18-35-7-2/h6,8-11,16,19,22H,1,7,12-15,18H2,2-5H3,(H,30,31,32)/b20-8+,21-9+. The fourth-order valence-corrected chi connectivity index (χ4v) is 4.31. The lowest BCUT2D eigenvalue weighted by Crippen LogP contribution is -2.38. The Kier molecular flexibility index (Phi) is 9.16. The molecule has 1 aliphatic rings. The van der Waals surface area contributed by atoms with Gasteiger partial charge in [0.15, 0.2) is 11.6 Å². The quantitative estimate of drug-likeness (QED) is 0.380. The summed E-state index contributed by atoms with van der Waals surface area (Å²) < 4.78 is 5.43. The molecule has 0 bridgehead atoms. The number of benzene rings is 1. The van der Waals surface area contributed by atoms with Gasteiger partial charge in [-0.05, 0) is 67.9 Å². The van der Waals surface area contributed by atoms with Crippen LogP contribution in [0.3, 0.4) is 0 Å². The molecule has 1 aromatic heterocycles. The van der Waals surface area contributed by atoms with Crippen molar-refractivity contribution in [3.05, 3.63) is 71.1 Å². The molecule has 0 spiro atoms. The molecule has 0 aliphatic carbocycles. The van der Waals surface area contributed by atoms with Crippen LogP contribution in [0.15, 0.2) is 54.2 Å². The van der Waals surface area contributed by atoms with Crippen molar-refractivity contribution in [2.45, 2.75) is 53.1 Å².